The molecule has 0 bridgehead atoms. The van der Waals surface area contributed by atoms with E-state index in [1.54, 1.807) is 0 Å². The van der Waals surface area contributed by atoms with Crippen LogP contribution in [0.25, 0.3) is 11.0 Å². The smallest absolute Gasteiger partial charge is 0.232 e. The van der Waals surface area contributed by atoms with E-state index in [1.165, 1.54) is 11.3 Å². The van der Waals surface area contributed by atoms with Crippen LogP contribution in [0.15, 0.2) is 16.7 Å². The second-order valence-corrected chi connectivity index (χ2v) is 6.63. The van der Waals surface area contributed by atoms with Gasteiger partial charge >= 0.3 is 0 Å². The molecule has 3 aromatic rings. The van der Waals surface area contributed by atoms with E-state index in [0.29, 0.717) is 10.8 Å². The molecule has 0 unspecified atom stereocenters. The van der Waals surface area contributed by atoms with Crippen molar-refractivity contribution >= 4 is 33.3 Å². The number of carbonyl (C=O) groups excluding carboxylic acids is 1. The Balaban J connectivity index is 1.75. The minimum atomic E-state index is -0.168. The van der Waals surface area contributed by atoms with Gasteiger partial charge in [-0.25, -0.2) is 0 Å². The van der Waals surface area contributed by atoms with Crippen LogP contribution in [0.2, 0.25) is 0 Å². The second-order valence-electron chi connectivity index (χ2n) is 5.56. The fourth-order valence-corrected chi connectivity index (χ4v) is 3.36. The number of carbonyl (C=O) groups is 1. The molecule has 0 radical (unpaired) electrons. The lowest BCUT2D eigenvalue weighted by Gasteiger charge is -2.00. The number of rotatable bonds is 5. The lowest BCUT2D eigenvalue weighted by molar-refractivity contribution is -0.115. The number of aryl methyl sites for hydroxylation is 3. The molecule has 0 saturated carbocycles. The molecule has 2 heterocycles. The number of amides is 1. The van der Waals surface area contributed by atoms with E-state index in [-0.39, 0.29) is 12.3 Å². The van der Waals surface area contributed by atoms with Gasteiger partial charge in [-0.15, -0.1) is 10.2 Å². The highest BCUT2D eigenvalue weighted by atomic mass is 32.1. The summed E-state index contributed by atoms with van der Waals surface area (Å²) in [6, 6.07) is 4.03. The van der Waals surface area contributed by atoms with E-state index in [2.05, 4.69) is 27.6 Å². The first-order valence-corrected chi connectivity index (χ1v) is 8.36. The molecular formula is C16H18N4O2S. The lowest BCUT2D eigenvalue weighted by atomic mass is 10.1. The van der Waals surface area contributed by atoms with Crippen molar-refractivity contribution in [2.24, 2.45) is 0 Å². The van der Waals surface area contributed by atoms with Gasteiger partial charge in [0, 0.05) is 11.8 Å². The largest absolute Gasteiger partial charge is 0.356 e. The van der Waals surface area contributed by atoms with Crippen molar-refractivity contribution in [2.75, 3.05) is 5.32 Å². The van der Waals surface area contributed by atoms with Crippen molar-refractivity contribution in [3.05, 3.63) is 34.0 Å². The summed E-state index contributed by atoms with van der Waals surface area (Å²) in [6.07, 6.45) is 2.03. The van der Waals surface area contributed by atoms with Crippen LogP contribution in [0.3, 0.4) is 0 Å². The van der Waals surface area contributed by atoms with Crippen LogP contribution < -0.4 is 5.32 Å². The topological polar surface area (TPSA) is 80.9 Å². The SMILES string of the molecule is CCCc1nnc(NC(=O)Cc2noc3c(C)cc(C)cc23)s1. The Bertz CT molecular complexity index is 853. The summed E-state index contributed by atoms with van der Waals surface area (Å²) in [5.41, 5.74) is 3.52. The number of hydrogen-bond donors (Lipinski definition) is 1. The van der Waals surface area contributed by atoms with E-state index >= 15 is 0 Å². The number of anilines is 1. The molecule has 1 amide bonds. The molecule has 0 fully saturated rings. The van der Waals surface area contributed by atoms with E-state index in [0.717, 1.165) is 39.9 Å². The van der Waals surface area contributed by atoms with Gasteiger partial charge in [0.1, 0.15) is 10.7 Å². The maximum Gasteiger partial charge on any atom is 0.232 e. The molecule has 1 aromatic carbocycles. The number of nitrogens with zero attached hydrogens (tertiary/aromatic N) is 3. The van der Waals surface area contributed by atoms with Gasteiger partial charge < -0.3 is 9.84 Å². The molecule has 6 nitrogen and oxygen atoms in total. The van der Waals surface area contributed by atoms with Crippen LogP contribution in [0.1, 0.15) is 35.2 Å². The average Bonchev–Trinajstić information content (AvgIpc) is 3.07. The highest BCUT2D eigenvalue weighted by Gasteiger charge is 2.15. The summed E-state index contributed by atoms with van der Waals surface area (Å²) in [5.74, 6) is -0.168. The Kier molecular flexibility index (Phi) is 4.38. The number of benzene rings is 1. The molecule has 0 aliphatic heterocycles. The summed E-state index contributed by atoms with van der Waals surface area (Å²) in [6.45, 7) is 6.07. The monoisotopic (exact) mass is 330 g/mol. The van der Waals surface area contributed by atoms with E-state index < -0.39 is 0 Å². The second kappa shape index (κ2) is 6.45. The van der Waals surface area contributed by atoms with Crippen molar-refractivity contribution in [1.82, 2.24) is 15.4 Å². The third kappa shape index (κ3) is 3.39. The molecule has 120 valence electrons. The molecule has 2 aromatic heterocycles. The first-order valence-electron chi connectivity index (χ1n) is 7.54. The summed E-state index contributed by atoms with van der Waals surface area (Å²) in [7, 11) is 0. The number of hydrogen-bond acceptors (Lipinski definition) is 6. The highest BCUT2D eigenvalue weighted by molar-refractivity contribution is 7.15. The molecular weight excluding hydrogens is 312 g/mol. The van der Waals surface area contributed by atoms with Gasteiger partial charge in [0.05, 0.1) is 6.42 Å². The molecule has 7 heteroatoms. The van der Waals surface area contributed by atoms with Crippen LogP contribution in [-0.2, 0) is 17.6 Å². The third-order valence-electron chi connectivity index (χ3n) is 3.48. The van der Waals surface area contributed by atoms with Crippen LogP contribution in [-0.4, -0.2) is 21.3 Å². The van der Waals surface area contributed by atoms with Gasteiger partial charge in [-0.1, -0.05) is 29.5 Å². The van der Waals surface area contributed by atoms with Crippen molar-refractivity contribution < 1.29 is 9.32 Å². The molecule has 3 rings (SSSR count). The Labute approximate surface area is 137 Å². The van der Waals surface area contributed by atoms with Gasteiger partial charge in [-0.2, -0.15) is 0 Å². The molecule has 0 spiro atoms. The van der Waals surface area contributed by atoms with Crippen LogP contribution in [0.5, 0.6) is 0 Å². The van der Waals surface area contributed by atoms with E-state index in [4.69, 9.17) is 4.52 Å². The number of nitrogens with one attached hydrogen (secondary N) is 1. The number of fused-ring (bicyclic) bond motifs is 1. The number of aromatic nitrogens is 3. The molecule has 23 heavy (non-hydrogen) atoms. The summed E-state index contributed by atoms with van der Waals surface area (Å²) < 4.78 is 5.37. The fourth-order valence-electron chi connectivity index (χ4n) is 2.50. The fraction of sp³-hybridized carbons (Fsp3) is 0.375. The normalized spacial score (nSPS) is 11.1. The van der Waals surface area contributed by atoms with Crippen LogP contribution >= 0.6 is 11.3 Å². The molecule has 0 aliphatic carbocycles. The maximum atomic E-state index is 12.2. The maximum absolute atomic E-state index is 12.2. The average molecular weight is 330 g/mol. The molecule has 0 atom stereocenters. The zero-order valence-electron chi connectivity index (χ0n) is 13.3. The third-order valence-corrected chi connectivity index (χ3v) is 4.38. The van der Waals surface area contributed by atoms with Crippen molar-refractivity contribution in [2.45, 2.75) is 40.0 Å². The van der Waals surface area contributed by atoms with Crippen molar-refractivity contribution in [3.63, 3.8) is 0 Å². The van der Waals surface area contributed by atoms with E-state index in [1.807, 2.05) is 26.0 Å². The molecule has 0 aliphatic rings. The Morgan fingerprint density at radius 1 is 1.30 bits per heavy atom. The predicted octanol–water partition coefficient (Wildman–Crippen LogP) is 3.43. The Morgan fingerprint density at radius 3 is 2.91 bits per heavy atom. The Morgan fingerprint density at radius 2 is 2.13 bits per heavy atom. The lowest BCUT2D eigenvalue weighted by Crippen LogP contribution is -2.14. The van der Waals surface area contributed by atoms with Gasteiger partial charge in [0.25, 0.3) is 0 Å². The summed E-state index contributed by atoms with van der Waals surface area (Å²) in [5, 5.41) is 17.2. The summed E-state index contributed by atoms with van der Waals surface area (Å²) in [4.78, 5) is 12.2. The minimum absolute atomic E-state index is 0.151. The van der Waals surface area contributed by atoms with Crippen LogP contribution in [0.4, 0.5) is 5.13 Å². The van der Waals surface area contributed by atoms with Crippen LogP contribution in [0, 0.1) is 13.8 Å². The quantitative estimate of drug-likeness (QED) is 0.775. The van der Waals surface area contributed by atoms with E-state index in [9.17, 15) is 4.79 Å². The van der Waals surface area contributed by atoms with Gasteiger partial charge in [0.15, 0.2) is 5.58 Å². The Hall–Kier alpha value is -2.28. The highest BCUT2D eigenvalue weighted by Crippen LogP contribution is 2.24. The van der Waals surface area contributed by atoms with Gasteiger partial charge in [-0.3, -0.25) is 4.79 Å². The molecule has 1 N–H and O–H groups in total. The first-order chi connectivity index (χ1) is 11.1. The first kappa shape index (κ1) is 15.6. The van der Waals surface area contributed by atoms with Gasteiger partial charge in [-0.05, 0) is 37.5 Å². The predicted molar refractivity (Wildman–Crippen MR) is 89.7 cm³/mol. The van der Waals surface area contributed by atoms with Crippen molar-refractivity contribution in [1.29, 1.82) is 0 Å². The zero-order chi connectivity index (χ0) is 16.4. The van der Waals surface area contributed by atoms with Crippen molar-refractivity contribution in [3.8, 4) is 0 Å². The zero-order valence-corrected chi connectivity index (χ0v) is 14.2. The molecule has 0 saturated heterocycles. The summed E-state index contributed by atoms with van der Waals surface area (Å²) >= 11 is 1.41. The standard InChI is InChI=1S/C16H18N4O2S/c1-4-5-14-18-19-16(23-14)17-13(21)8-12-11-7-9(2)6-10(3)15(11)22-20-12/h6-7H,4-5,8H2,1-3H3,(H,17,19,21). The van der Waals surface area contributed by atoms with Gasteiger partial charge in [0.2, 0.25) is 11.0 Å². The minimum Gasteiger partial charge on any atom is -0.356 e.